The fourth-order valence-electron chi connectivity index (χ4n) is 6.80. The quantitative estimate of drug-likeness (QED) is 0.222. The maximum Gasteiger partial charge on any atom is 0.416 e. The normalized spacial score (nSPS) is 19.8. The first-order valence-electron chi connectivity index (χ1n) is 14.8. The lowest BCUT2D eigenvalue weighted by Gasteiger charge is -2.34. The molecule has 0 saturated heterocycles. The number of benzene rings is 3. The molecule has 0 spiro atoms. The van der Waals surface area contributed by atoms with E-state index in [1.807, 2.05) is 0 Å². The first kappa shape index (κ1) is 31.2. The number of aliphatic hydroxyl groups is 1. The van der Waals surface area contributed by atoms with Gasteiger partial charge in [-0.2, -0.15) is 26.3 Å². The molecule has 1 aromatic heterocycles. The second-order valence-corrected chi connectivity index (χ2v) is 11.9. The highest BCUT2D eigenvalue weighted by Crippen LogP contribution is 2.50. The van der Waals surface area contributed by atoms with Crippen LogP contribution in [-0.4, -0.2) is 10.1 Å². The third-order valence-electron chi connectivity index (χ3n) is 9.03. The summed E-state index contributed by atoms with van der Waals surface area (Å²) in [6.45, 7) is 0. The molecular formula is C35H29F8NO. The molecular weight excluding hydrogens is 602 g/mol. The zero-order valence-corrected chi connectivity index (χ0v) is 23.9. The van der Waals surface area contributed by atoms with Gasteiger partial charge in [0.05, 0.1) is 22.9 Å². The summed E-state index contributed by atoms with van der Waals surface area (Å²) in [5.74, 6) is -1.05. The van der Waals surface area contributed by atoms with E-state index < -0.39 is 41.6 Å². The second-order valence-electron chi connectivity index (χ2n) is 11.9. The third-order valence-corrected chi connectivity index (χ3v) is 9.03. The van der Waals surface area contributed by atoms with E-state index >= 15 is 4.39 Å². The van der Waals surface area contributed by atoms with E-state index in [1.54, 1.807) is 0 Å². The molecule has 0 aliphatic heterocycles. The van der Waals surface area contributed by atoms with Crippen molar-refractivity contribution in [2.24, 2.45) is 0 Å². The Kier molecular flexibility index (Phi) is 8.22. The van der Waals surface area contributed by atoms with E-state index in [2.05, 4.69) is 0 Å². The lowest BCUT2D eigenvalue weighted by atomic mass is 9.75. The molecule has 3 aromatic carbocycles. The second kappa shape index (κ2) is 11.9. The Bertz CT molecular complexity index is 1660. The summed E-state index contributed by atoms with van der Waals surface area (Å²) in [5.41, 5.74) is 1.03. The summed E-state index contributed by atoms with van der Waals surface area (Å²) < 4.78 is 110. The molecule has 6 rings (SSSR count). The van der Waals surface area contributed by atoms with Gasteiger partial charge in [0, 0.05) is 22.7 Å². The fraction of sp³-hybridized carbons (Fsp3) is 0.343. The number of rotatable bonds is 5. The molecule has 10 heteroatoms. The number of hydrogen-bond acceptors (Lipinski definition) is 2. The van der Waals surface area contributed by atoms with Gasteiger partial charge in [-0.1, -0.05) is 49.2 Å². The first-order valence-corrected chi connectivity index (χ1v) is 14.8. The van der Waals surface area contributed by atoms with Crippen molar-refractivity contribution < 1.29 is 40.2 Å². The summed E-state index contributed by atoms with van der Waals surface area (Å²) in [5, 5.41) is 11.6. The van der Waals surface area contributed by atoms with Crippen LogP contribution in [0, 0.1) is 5.82 Å². The van der Waals surface area contributed by atoms with Crippen LogP contribution in [-0.2, 0) is 18.8 Å². The number of pyridine rings is 1. The average molecular weight is 632 g/mol. The Morgan fingerprint density at radius 1 is 0.733 bits per heavy atom. The van der Waals surface area contributed by atoms with Gasteiger partial charge in [-0.05, 0) is 90.3 Å². The van der Waals surface area contributed by atoms with Crippen LogP contribution in [0.2, 0.25) is 0 Å². The Balaban J connectivity index is 1.52. The van der Waals surface area contributed by atoms with Crippen LogP contribution in [0.25, 0.3) is 11.1 Å². The van der Waals surface area contributed by atoms with Crippen molar-refractivity contribution in [1.82, 2.24) is 4.98 Å². The molecule has 2 aliphatic rings. The van der Waals surface area contributed by atoms with Crippen molar-refractivity contribution >= 4 is 0 Å². The standard InChI is InChI=1S/C35H29F8NO/c36-26-15-9-20(10-16-26)29-30-27(17-23(18-28(30)45)19-5-11-24(12-6-19)34(38,39)40)44-33(22-3-1-2-4-22)31(29)32(37)21-7-13-25(14-8-21)35(41,42)43/h5-16,22-23,28,32,45H,1-4,17-18H2. The predicted molar refractivity (Wildman–Crippen MR) is 153 cm³/mol. The van der Waals surface area contributed by atoms with E-state index in [4.69, 9.17) is 4.98 Å². The van der Waals surface area contributed by atoms with Crippen molar-refractivity contribution in [3.05, 3.63) is 123 Å². The maximum atomic E-state index is 16.8. The molecule has 1 N–H and O–H groups in total. The number of halogens is 8. The van der Waals surface area contributed by atoms with Gasteiger partial charge >= 0.3 is 12.4 Å². The minimum atomic E-state index is -4.60. The van der Waals surface area contributed by atoms with E-state index in [-0.39, 0.29) is 35.8 Å². The summed E-state index contributed by atoms with van der Waals surface area (Å²) in [7, 11) is 0. The van der Waals surface area contributed by atoms with Crippen molar-refractivity contribution in [3.63, 3.8) is 0 Å². The maximum absolute atomic E-state index is 16.8. The van der Waals surface area contributed by atoms with Gasteiger partial charge in [-0.3, -0.25) is 4.98 Å². The molecule has 3 unspecified atom stereocenters. The van der Waals surface area contributed by atoms with Gasteiger partial charge in [0.15, 0.2) is 6.17 Å². The highest BCUT2D eigenvalue weighted by molar-refractivity contribution is 5.75. The smallest absolute Gasteiger partial charge is 0.388 e. The van der Waals surface area contributed by atoms with Gasteiger partial charge in [-0.25, -0.2) is 8.78 Å². The molecule has 45 heavy (non-hydrogen) atoms. The van der Waals surface area contributed by atoms with Crippen LogP contribution in [0.15, 0.2) is 72.8 Å². The van der Waals surface area contributed by atoms with Crippen molar-refractivity contribution in [2.45, 2.75) is 75.0 Å². The van der Waals surface area contributed by atoms with Gasteiger partial charge in [-0.15, -0.1) is 0 Å². The molecule has 1 saturated carbocycles. The van der Waals surface area contributed by atoms with Gasteiger partial charge < -0.3 is 5.11 Å². The lowest BCUT2D eigenvalue weighted by Crippen LogP contribution is -2.23. The van der Waals surface area contributed by atoms with E-state index in [0.29, 0.717) is 46.5 Å². The molecule has 2 aliphatic carbocycles. The number of fused-ring (bicyclic) bond motifs is 1. The van der Waals surface area contributed by atoms with Crippen LogP contribution in [0.5, 0.6) is 0 Å². The first-order chi connectivity index (χ1) is 21.3. The van der Waals surface area contributed by atoms with E-state index in [9.17, 15) is 35.8 Å². The van der Waals surface area contributed by atoms with E-state index in [1.165, 1.54) is 36.4 Å². The number of hydrogen-bond donors (Lipinski definition) is 1. The van der Waals surface area contributed by atoms with Gasteiger partial charge in [0.25, 0.3) is 0 Å². The molecule has 1 heterocycles. The zero-order chi connectivity index (χ0) is 32.1. The Labute approximate surface area is 254 Å². The SMILES string of the molecule is OC1CC(c2ccc(C(F)(F)F)cc2)Cc2nc(C3CCCC3)c(C(F)c3ccc(C(F)(F)F)cc3)c(-c3ccc(F)cc3)c21. The topological polar surface area (TPSA) is 33.1 Å². The van der Waals surface area contributed by atoms with Gasteiger partial charge in [0.1, 0.15) is 5.82 Å². The van der Waals surface area contributed by atoms with Crippen molar-refractivity contribution in [3.8, 4) is 11.1 Å². The van der Waals surface area contributed by atoms with Gasteiger partial charge in [0.2, 0.25) is 0 Å². The highest BCUT2D eigenvalue weighted by atomic mass is 19.4. The van der Waals surface area contributed by atoms with Crippen LogP contribution in [0.1, 0.15) is 101 Å². The number of aromatic nitrogens is 1. The minimum Gasteiger partial charge on any atom is -0.388 e. The summed E-state index contributed by atoms with van der Waals surface area (Å²) in [6.07, 6.45) is -8.61. The molecule has 4 aromatic rings. The van der Waals surface area contributed by atoms with Crippen molar-refractivity contribution in [1.29, 1.82) is 0 Å². The van der Waals surface area contributed by atoms with Crippen LogP contribution in [0.3, 0.4) is 0 Å². The minimum absolute atomic E-state index is 0.0136. The largest absolute Gasteiger partial charge is 0.416 e. The Hall–Kier alpha value is -3.79. The van der Waals surface area contributed by atoms with Crippen LogP contribution >= 0.6 is 0 Å². The number of alkyl halides is 7. The third kappa shape index (κ3) is 6.21. The average Bonchev–Trinajstić information content (AvgIpc) is 3.55. The lowest BCUT2D eigenvalue weighted by molar-refractivity contribution is -0.138. The molecule has 0 amide bonds. The van der Waals surface area contributed by atoms with Crippen LogP contribution in [0.4, 0.5) is 35.1 Å². The molecule has 3 atom stereocenters. The predicted octanol–water partition coefficient (Wildman–Crippen LogP) is 10.4. The molecule has 0 radical (unpaired) electrons. The van der Waals surface area contributed by atoms with Crippen LogP contribution < -0.4 is 0 Å². The molecule has 1 fully saturated rings. The Morgan fingerprint density at radius 2 is 1.29 bits per heavy atom. The Morgan fingerprint density at radius 3 is 1.84 bits per heavy atom. The summed E-state index contributed by atoms with van der Waals surface area (Å²) >= 11 is 0. The molecule has 2 nitrogen and oxygen atoms in total. The summed E-state index contributed by atoms with van der Waals surface area (Å²) in [6, 6.07) is 14.0. The van der Waals surface area contributed by atoms with Crippen molar-refractivity contribution in [2.75, 3.05) is 0 Å². The highest BCUT2D eigenvalue weighted by Gasteiger charge is 2.38. The molecule has 236 valence electrons. The monoisotopic (exact) mass is 631 g/mol. The summed E-state index contributed by atoms with van der Waals surface area (Å²) in [4.78, 5) is 4.95. The number of nitrogens with zero attached hydrogens (tertiary/aromatic N) is 1. The molecule has 0 bridgehead atoms. The zero-order valence-electron chi connectivity index (χ0n) is 23.9. The number of aliphatic hydroxyl groups excluding tert-OH is 1. The fourth-order valence-corrected chi connectivity index (χ4v) is 6.80. The van der Waals surface area contributed by atoms with E-state index in [0.717, 1.165) is 49.2 Å².